The van der Waals surface area contributed by atoms with Crippen molar-refractivity contribution < 1.29 is 21.9 Å². The summed E-state index contributed by atoms with van der Waals surface area (Å²) in [6, 6.07) is 18.4. The molecule has 5 heteroatoms. The Morgan fingerprint density at radius 1 is 0.852 bits per heavy atom. The number of halogens is 1. The van der Waals surface area contributed by atoms with Gasteiger partial charge in [-0.2, -0.15) is 0 Å². The first-order valence-electron chi connectivity index (χ1n) is 8.69. The third-order valence-corrected chi connectivity index (χ3v) is 4.11. The lowest BCUT2D eigenvalue weighted by Gasteiger charge is -2.13. The summed E-state index contributed by atoms with van der Waals surface area (Å²) in [4.78, 5) is 4.03. The molecule has 1 N–H and O–H groups in total. The second kappa shape index (κ2) is 10.6. The van der Waals surface area contributed by atoms with Gasteiger partial charge in [0.05, 0.1) is 7.11 Å². The quantitative estimate of drug-likeness (QED) is 0.636. The summed E-state index contributed by atoms with van der Waals surface area (Å²) in [5.41, 5.74) is 4.74. The maximum atomic E-state index is 5.95. The zero-order chi connectivity index (χ0) is 18.2. The topological polar surface area (TPSA) is 43.4 Å². The molecule has 0 aliphatic heterocycles. The highest BCUT2D eigenvalue weighted by Crippen LogP contribution is 2.29. The second-order valence-electron chi connectivity index (χ2n) is 6.22. The van der Waals surface area contributed by atoms with Gasteiger partial charge in [-0.25, -0.2) is 0 Å². The summed E-state index contributed by atoms with van der Waals surface area (Å²) in [6.45, 7) is 4.17. The number of benzene rings is 2. The second-order valence-corrected chi connectivity index (χ2v) is 6.22. The van der Waals surface area contributed by atoms with E-state index in [-0.39, 0.29) is 12.4 Å². The van der Waals surface area contributed by atoms with Crippen molar-refractivity contribution in [1.82, 2.24) is 10.3 Å². The van der Waals surface area contributed by atoms with Crippen molar-refractivity contribution in [2.45, 2.75) is 26.6 Å². The first-order valence-corrected chi connectivity index (χ1v) is 8.69. The summed E-state index contributed by atoms with van der Waals surface area (Å²) in [5, 5.41) is 3.43. The summed E-state index contributed by atoms with van der Waals surface area (Å²) in [5.74, 6) is 1.51. The molecule has 1 aromatic heterocycles. The normalized spacial score (nSPS) is 10.1. The minimum absolute atomic E-state index is 0. The maximum Gasteiger partial charge on any atom is 0.161 e. The molecule has 0 unspecified atom stereocenters. The fourth-order valence-electron chi connectivity index (χ4n) is 2.76. The average molecular weight is 384 g/mol. The number of ether oxygens (including phenoxy) is 2. The van der Waals surface area contributed by atoms with Crippen LogP contribution in [0, 0.1) is 6.92 Å². The molecule has 0 bridgehead atoms. The van der Waals surface area contributed by atoms with Crippen LogP contribution in [0.15, 0.2) is 67.0 Å². The largest absolute Gasteiger partial charge is 1.00 e. The van der Waals surface area contributed by atoms with Crippen LogP contribution in [-0.2, 0) is 19.7 Å². The number of aromatic nitrogens is 1. The van der Waals surface area contributed by atoms with E-state index in [1.165, 1.54) is 11.1 Å². The molecule has 0 aliphatic rings. The van der Waals surface area contributed by atoms with Crippen LogP contribution < -0.4 is 27.2 Å². The van der Waals surface area contributed by atoms with Crippen LogP contribution >= 0.6 is 0 Å². The Morgan fingerprint density at radius 2 is 1.63 bits per heavy atom. The fraction of sp³-hybridized carbons (Fsp3) is 0.227. The van der Waals surface area contributed by atoms with E-state index in [1.807, 2.05) is 30.3 Å². The molecular weight excluding hydrogens is 360 g/mol. The number of pyridine rings is 1. The zero-order valence-corrected chi connectivity index (χ0v) is 16.4. The Bertz CT molecular complexity index is 841. The fourth-order valence-corrected chi connectivity index (χ4v) is 2.76. The summed E-state index contributed by atoms with van der Waals surface area (Å²) in [7, 11) is 1.67. The van der Waals surface area contributed by atoms with Crippen molar-refractivity contribution >= 4 is 0 Å². The predicted molar refractivity (Wildman–Crippen MR) is 103 cm³/mol. The minimum Gasteiger partial charge on any atom is -1.00 e. The molecule has 142 valence electrons. The van der Waals surface area contributed by atoms with Gasteiger partial charge in [0.25, 0.3) is 0 Å². The van der Waals surface area contributed by atoms with E-state index < -0.39 is 0 Å². The van der Waals surface area contributed by atoms with Crippen LogP contribution in [0.1, 0.15) is 22.3 Å². The van der Waals surface area contributed by atoms with Crippen molar-refractivity contribution in [2.24, 2.45) is 0 Å². The highest BCUT2D eigenvalue weighted by molar-refractivity contribution is 5.43. The number of hydrogen-bond acceptors (Lipinski definition) is 4. The number of hydrogen-bond donors (Lipinski definition) is 1. The van der Waals surface area contributed by atoms with Gasteiger partial charge in [0.2, 0.25) is 0 Å². The molecule has 2 aromatic carbocycles. The van der Waals surface area contributed by atoms with Gasteiger partial charge in [-0.05, 0) is 47.9 Å². The Kier molecular flexibility index (Phi) is 8.11. The van der Waals surface area contributed by atoms with Crippen LogP contribution in [0.3, 0.4) is 0 Å². The molecule has 0 amide bonds. The van der Waals surface area contributed by atoms with E-state index in [1.54, 1.807) is 19.5 Å². The van der Waals surface area contributed by atoms with Gasteiger partial charge in [-0.15, -0.1) is 0 Å². The van der Waals surface area contributed by atoms with Gasteiger partial charge in [-0.1, -0.05) is 35.9 Å². The molecule has 0 fully saturated rings. The highest BCUT2D eigenvalue weighted by Gasteiger charge is 2.06. The molecule has 0 saturated carbocycles. The van der Waals surface area contributed by atoms with E-state index in [9.17, 15) is 0 Å². The van der Waals surface area contributed by atoms with Gasteiger partial charge >= 0.3 is 0 Å². The number of nitrogens with zero attached hydrogens (tertiary/aromatic N) is 1. The average Bonchev–Trinajstić information content (AvgIpc) is 2.67. The van der Waals surface area contributed by atoms with Crippen molar-refractivity contribution in [1.29, 1.82) is 0 Å². The van der Waals surface area contributed by atoms with E-state index in [2.05, 4.69) is 41.5 Å². The molecule has 27 heavy (non-hydrogen) atoms. The number of aryl methyl sites for hydroxylation is 1. The molecule has 0 atom stereocenters. The highest BCUT2D eigenvalue weighted by atomic mass is 35.5. The smallest absolute Gasteiger partial charge is 0.161 e. The molecule has 1 heterocycles. The number of rotatable bonds is 8. The maximum absolute atomic E-state index is 5.95. The molecule has 3 rings (SSSR count). The van der Waals surface area contributed by atoms with Crippen LogP contribution in [0.4, 0.5) is 0 Å². The first kappa shape index (κ1) is 20.7. The lowest BCUT2D eigenvalue weighted by Crippen LogP contribution is -3.00. The summed E-state index contributed by atoms with van der Waals surface area (Å²) in [6.07, 6.45) is 3.61. The third-order valence-electron chi connectivity index (χ3n) is 4.11. The SMILES string of the molecule is COc1cc(CNCc2ccncc2)ccc1OCc1cccc(C)c1.[Cl-]. The van der Waals surface area contributed by atoms with Crippen LogP contribution in [0.25, 0.3) is 0 Å². The molecule has 0 radical (unpaired) electrons. The van der Waals surface area contributed by atoms with E-state index in [0.29, 0.717) is 6.61 Å². The Labute approximate surface area is 167 Å². The molecule has 4 nitrogen and oxygen atoms in total. The molecule has 0 aliphatic carbocycles. The molecular formula is C22H24ClN2O2-. The first-order chi connectivity index (χ1) is 12.7. The summed E-state index contributed by atoms with van der Waals surface area (Å²) >= 11 is 0. The monoisotopic (exact) mass is 383 g/mol. The minimum atomic E-state index is 0. The van der Waals surface area contributed by atoms with E-state index >= 15 is 0 Å². The number of methoxy groups -OCH3 is 1. The van der Waals surface area contributed by atoms with Gasteiger partial charge in [0, 0.05) is 25.5 Å². The van der Waals surface area contributed by atoms with E-state index in [4.69, 9.17) is 9.47 Å². The number of nitrogens with one attached hydrogen (secondary N) is 1. The van der Waals surface area contributed by atoms with Crippen molar-refractivity contribution in [3.8, 4) is 11.5 Å². The molecule has 3 aromatic rings. The van der Waals surface area contributed by atoms with Gasteiger partial charge < -0.3 is 27.2 Å². The summed E-state index contributed by atoms with van der Waals surface area (Å²) < 4.78 is 11.4. The van der Waals surface area contributed by atoms with Gasteiger partial charge in [-0.3, -0.25) is 4.98 Å². The Balaban J connectivity index is 0.00000261. The molecule has 0 saturated heterocycles. The third kappa shape index (κ3) is 6.27. The Morgan fingerprint density at radius 3 is 2.37 bits per heavy atom. The van der Waals surface area contributed by atoms with Gasteiger partial charge in [0.1, 0.15) is 6.61 Å². The van der Waals surface area contributed by atoms with E-state index in [0.717, 1.165) is 35.7 Å². The van der Waals surface area contributed by atoms with Crippen LogP contribution in [0.2, 0.25) is 0 Å². The van der Waals surface area contributed by atoms with Crippen LogP contribution in [0.5, 0.6) is 11.5 Å². The van der Waals surface area contributed by atoms with Crippen molar-refractivity contribution in [2.75, 3.05) is 7.11 Å². The predicted octanol–water partition coefficient (Wildman–Crippen LogP) is 1.27. The Hall–Kier alpha value is -2.56. The van der Waals surface area contributed by atoms with Crippen molar-refractivity contribution in [3.05, 3.63) is 89.2 Å². The lowest BCUT2D eigenvalue weighted by atomic mass is 10.1. The van der Waals surface area contributed by atoms with Gasteiger partial charge in [0.15, 0.2) is 11.5 Å². The standard InChI is InChI=1S/C22H24N2O2.ClH/c1-17-4-3-5-20(12-17)16-26-21-7-6-19(13-22(21)25-2)15-24-14-18-8-10-23-11-9-18;/h3-13,24H,14-16H2,1-2H3;1H/p-1. The van der Waals surface area contributed by atoms with Crippen molar-refractivity contribution in [3.63, 3.8) is 0 Å². The zero-order valence-electron chi connectivity index (χ0n) is 15.6. The van der Waals surface area contributed by atoms with Crippen LogP contribution in [-0.4, -0.2) is 12.1 Å². The lowest BCUT2D eigenvalue weighted by molar-refractivity contribution is -0.00000599. The molecule has 0 spiro atoms.